The summed E-state index contributed by atoms with van der Waals surface area (Å²) < 4.78 is 1.40. The minimum absolute atomic E-state index is 0.361. The number of benzene rings is 1. The first-order valence-corrected chi connectivity index (χ1v) is 7.92. The molecule has 0 aromatic heterocycles. The molecule has 1 saturated heterocycles. The monoisotopic (exact) mass is 333 g/mol. The van der Waals surface area contributed by atoms with Crippen molar-refractivity contribution >= 4 is 39.3 Å². The molecule has 0 spiro atoms. The molecular weight excluding hydrogens is 318 g/mol. The molecule has 0 N–H and O–H groups in total. The maximum Gasteiger partial charge on any atom is 0.0462 e. The molecule has 1 aromatic carbocycles. The lowest BCUT2D eigenvalue weighted by Gasteiger charge is -2.37. The highest BCUT2D eigenvalue weighted by Crippen LogP contribution is 2.31. The molecule has 1 aliphatic rings. The maximum atomic E-state index is 6.26. The second-order valence-corrected chi connectivity index (χ2v) is 8.18. The van der Waals surface area contributed by atoms with Gasteiger partial charge >= 0.3 is 0 Å². The van der Waals surface area contributed by atoms with E-state index in [4.69, 9.17) is 11.6 Å². The van der Waals surface area contributed by atoms with Gasteiger partial charge in [-0.2, -0.15) is 11.8 Å². The van der Waals surface area contributed by atoms with Gasteiger partial charge in [0.15, 0.2) is 0 Å². The number of hydrogen-bond donors (Lipinski definition) is 0. The standard InChI is InChI=1S/C13H17BrClNS/c1-13(2)9-16(5-6-17-13)8-10-3-4-11(14)7-12(10)15/h3-4,7H,5-6,8-9H2,1-2H3. The van der Waals surface area contributed by atoms with Gasteiger partial charge in [-0.15, -0.1) is 0 Å². The van der Waals surface area contributed by atoms with Gasteiger partial charge in [0, 0.05) is 39.6 Å². The molecule has 2 rings (SSSR count). The summed E-state index contributed by atoms with van der Waals surface area (Å²) in [5.41, 5.74) is 1.22. The summed E-state index contributed by atoms with van der Waals surface area (Å²) in [5, 5.41) is 0.857. The van der Waals surface area contributed by atoms with Crippen molar-refractivity contribution in [3.63, 3.8) is 0 Å². The molecule has 0 atom stereocenters. The Labute approximate surface area is 121 Å². The highest BCUT2D eigenvalue weighted by molar-refractivity contribution is 9.10. The molecule has 1 aromatic rings. The van der Waals surface area contributed by atoms with Gasteiger partial charge in [-0.3, -0.25) is 4.90 Å². The number of nitrogens with zero attached hydrogens (tertiary/aromatic N) is 1. The molecular formula is C13H17BrClNS. The molecule has 94 valence electrons. The fraction of sp³-hybridized carbons (Fsp3) is 0.538. The van der Waals surface area contributed by atoms with Crippen LogP contribution in [0.15, 0.2) is 22.7 Å². The minimum Gasteiger partial charge on any atom is -0.297 e. The van der Waals surface area contributed by atoms with E-state index in [2.05, 4.69) is 58.6 Å². The summed E-state index contributed by atoms with van der Waals surface area (Å²) in [6.07, 6.45) is 0. The molecule has 4 heteroatoms. The van der Waals surface area contributed by atoms with Crippen molar-refractivity contribution in [2.24, 2.45) is 0 Å². The van der Waals surface area contributed by atoms with E-state index in [-0.39, 0.29) is 0 Å². The quantitative estimate of drug-likeness (QED) is 0.787. The van der Waals surface area contributed by atoms with Crippen LogP contribution in [0.4, 0.5) is 0 Å². The van der Waals surface area contributed by atoms with Gasteiger partial charge in [0.25, 0.3) is 0 Å². The predicted molar refractivity (Wildman–Crippen MR) is 81.0 cm³/mol. The minimum atomic E-state index is 0.361. The van der Waals surface area contributed by atoms with Crippen LogP contribution in [0.5, 0.6) is 0 Å². The van der Waals surface area contributed by atoms with Gasteiger partial charge in [0.05, 0.1) is 0 Å². The second-order valence-electron chi connectivity index (χ2n) is 5.05. The van der Waals surface area contributed by atoms with Crippen molar-refractivity contribution in [1.82, 2.24) is 4.90 Å². The van der Waals surface area contributed by atoms with E-state index in [1.165, 1.54) is 11.3 Å². The van der Waals surface area contributed by atoms with Crippen molar-refractivity contribution < 1.29 is 0 Å². The topological polar surface area (TPSA) is 3.24 Å². The summed E-state index contributed by atoms with van der Waals surface area (Å²) in [6.45, 7) is 7.86. The summed E-state index contributed by atoms with van der Waals surface area (Å²) in [7, 11) is 0. The van der Waals surface area contributed by atoms with E-state index >= 15 is 0 Å². The molecule has 1 nitrogen and oxygen atoms in total. The van der Waals surface area contributed by atoms with E-state index < -0.39 is 0 Å². The van der Waals surface area contributed by atoms with Gasteiger partial charge in [0.1, 0.15) is 0 Å². The van der Waals surface area contributed by atoms with Crippen LogP contribution in [0, 0.1) is 0 Å². The lowest BCUT2D eigenvalue weighted by molar-refractivity contribution is 0.252. The zero-order valence-electron chi connectivity index (χ0n) is 10.2. The molecule has 1 heterocycles. The molecule has 0 bridgehead atoms. The zero-order chi connectivity index (χ0) is 12.5. The molecule has 17 heavy (non-hydrogen) atoms. The fourth-order valence-corrected chi connectivity index (χ4v) is 4.05. The van der Waals surface area contributed by atoms with E-state index in [1.807, 2.05) is 6.07 Å². The van der Waals surface area contributed by atoms with Gasteiger partial charge in [0.2, 0.25) is 0 Å². The molecule has 1 fully saturated rings. The van der Waals surface area contributed by atoms with Crippen LogP contribution in [0.3, 0.4) is 0 Å². The average molecular weight is 335 g/mol. The smallest absolute Gasteiger partial charge is 0.0462 e. The number of thioether (sulfide) groups is 1. The zero-order valence-corrected chi connectivity index (χ0v) is 13.3. The average Bonchev–Trinajstić information content (AvgIpc) is 2.21. The van der Waals surface area contributed by atoms with Crippen LogP contribution in [0.2, 0.25) is 5.02 Å². The molecule has 0 amide bonds. The van der Waals surface area contributed by atoms with Crippen molar-refractivity contribution in [1.29, 1.82) is 0 Å². The van der Waals surface area contributed by atoms with Crippen LogP contribution in [0.1, 0.15) is 19.4 Å². The van der Waals surface area contributed by atoms with Crippen molar-refractivity contribution in [2.75, 3.05) is 18.8 Å². The predicted octanol–water partition coefficient (Wildman–Crippen LogP) is 4.43. The Bertz CT molecular complexity index is 408. The SMILES string of the molecule is CC1(C)CN(Cc2ccc(Br)cc2Cl)CCS1. The Hall–Kier alpha value is 0.300. The first kappa shape index (κ1) is 13.7. The van der Waals surface area contributed by atoms with Crippen LogP contribution >= 0.6 is 39.3 Å². The van der Waals surface area contributed by atoms with Crippen LogP contribution in [-0.2, 0) is 6.54 Å². The van der Waals surface area contributed by atoms with Crippen LogP contribution in [0.25, 0.3) is 0 Å². The number of halogens is 2. The maximum absolute atomic E-state index is 6.26. The van der Waals surface area contributed by atoms with Crippen molar-refractivity contribution in [3.8, 4) is 0 Å². The van der Waals surface area contributed by atoms with Gasteiger partial charge in [-0.1, -0.05) is 33.6 Å². The first-order valence-electron chi connectivity index (χ1n) is 5.76. The largest absolute Gasteiger partial charge is 0.297 e. The van der Waals surface area contributed by atoms with E-state index in [0.29, 0.717) is 4.75 Å². The highest BCUT2D eigenvalue weighted by atomic mass is 79.9. The van der Waals surface area contributed by atoms with Gasteiger partial charge in [-0.25, -0.2) is 0 Å². The van der Waals surface area contributed by atoms with E-state index in [0.717, 1.165) is 29.1 Å². The second kappa shape index (κ2) is 5.52. The Balaban J connectivity index is 2.05. The van der Waals surface area contributed by atoms with Crippen molar-refractivity contribution in [3.05, 3.63) is 33.3 Å². The summed E-state index contributed by atoms with van der Waals surface area (Å²) in [4.78, 5) is 2.49. The third-order valence-corrected chi connectivity index (χ3v) is 5.06. The Morgan fingerprint density at radius 3 is 2.88 bits per heavy atom. The first-order chi connectivity index (χ1) is 7.96. The third kappa shape index (κ3) is 3.88. The Kier molecular flexibility index (Phi) is 4.45. The summed E-state index contributed by atoms with van der Waals surface area (Å²) in [6, 6.07) is 6.15. The lowest BCUT2D eigenvalue weighted by Crippen LogP contribution is -2.42. The molecule has 0 saturated carbocycles. The Morgan fingerprint density at radius 2 is 2.24 bits per heavy atom. The van der Waals surface area contributed by atoms with E-state index in [9.17, 15) is 0 Å². The Morgan fingerprint density at radius 1 is 1.47 bits per heavy atom. The number of rotatable bonds is 2. The van der Waals surface area contributed by atoms with Gasteiger partial charge in [-0.05, 0) is 31.5 Å². The van der Waals surface area contributed by atoms with E-state index in [1.54, 1.807) is 0 Å². The van der Waals surface area contributed by atoms with Crippen molar-refractivity contribution in [2.45, 2.75) is 25.1 Å². The lowest BCUT2D eigenvalue weighted by atomic mass is 10.1. The highest BCUT2D eigenvalue weighted by Gasteiger charge is 2.27. The molecule has 1 aliphatic heterocycles. The molecule has 0 unspecified atom stereocenters. The molecule has 0 radical (unpaired) electrons. The van der Waals surface area contributed by atoms with Gasteiger partial charge < -0.3 is 0 Å². The summed E-state index contributed by atoms with van der Waals surface area (Å²) in [5.74, 6) is 1.21. The number of hydrogen-bond acceptors (Lipinski definition) is 2. The molecule has 0 aliphatic carbocycles. The third-order valence-electron chi connectivity index (χ3n) is 2.91. The van der Waals surface area contributed by atoms with Crippen LogP contribution in [-0.4, -0.2) is 28.5 Å². The normalized spacial score (nSPS) is 20.5. The van der Waals surface area contributed by atoms with Crippen LogP contribution < -0.4 is 0 Å². The fourth-order valence-electron chi connectivity index (χ4n) is 2.14. The summed E-state index contributed by atoms with van der Waals surface area (Å²) >= 11 is 11.8.